The Hall–Kier alpha value is -1.67. The average molecular weight is 490 g/mol. The van der Waals surface area contributed by atoms with Crippen molar-refractivity contribution in [1.29, 1.82) is 0 Å². The smallest absolute Gasteiger partial charge is 0.320 e. The third-order valence-corrected chi connectivity index (χ3v) is 10.5. The van der Waals surface area contributed by atoms with Crippen LogP contribution in [-0.2, 0) is 33.3 Å². The third-order valence-electron chi connectivity index (χ3n) is 10.5. The van der Waals surface area contributed by atoms with E-state index in [2.05, 4.69) is 13.8 Å². The molecule has 194 valence electrons. The van der Waals surface area contributed by atoms with Gasteiger partial charge in [0.2, 0.25) is 0 Å². The molecule has 2 saturated heterocycles. The van der Waals surface area contributed by atoms with E-state index in [0.29, 0.717) is 44.6 Å². The van der Waals surface area contributed by atoms with Crippen LogP contribution in [0.2, 0.25) is 0 Å². The van der Waals surface area contributed by atoms with Crippen molar-refractivity contribution in [3.63, 3.8) is 0 Å². The minimum atomic E-state index is -0.580. The quantitative estimate of drug-likeness (QED) is 0.380. The lowest BCUT2D eigenvalue weighted by Crippen LogP contribution is -2.49. The van der Waals surface area contributed by atoms with Gasteiger partial charge in [0.1, 0.15) is 17.8 Å². The van der Waals surface area contributed by atoms with Crippen molar-refractivity contribution < 1.29 is 33.3 Å². The van der Waals surface area contributed by atoms with E-state index in [1.54, 1.807) is 0 Å². The van der Waals surface area contributed by atoms with Crippen molar-refractivity contribution in [2.45, 2.75) is 76.6 Å². The molecule has 8 nitrogen and oxygen atoms in total. The molecule has 0 aromatic carbocycles. The summed E-state index contributed by atoms with van der Waals surface area (Å²) in [6.45, 7) is 7.04. The Balaban J connectivity index is 1.18. The molecule has 6 fully saturated rings. The van der Waals surface area contributed by atoms with Gasteiger partial charge >= 0.3 is 17.9 Å². The first-order valence-corrected chi connectivity index (χ1v) is 13.9. The lowest BCUT2D eigenvalue weighted by molar-refractivity contribution is -0.184. The molecule has 4 saturated carbocycles. The van der Waals surface area contributed by atoms with Crippen molar-refractivity contribution in [3.05, 3.63) is 0 Å². The molecule has 4 bridgehead atoms. The molecule has 6 rings (SSSR count). The Morgan fingerprint density at radius 2 is 1.83 bits per heavy atom. The third kappa shape index (κ3) is 3.81. The highest BCUT2D eigenvalue weighted by Gasteiger charge is 2.70. The van der Waals surface area contributed by atoms with Gasteiger partial charge in [-0.2, -0.15) is 0 Å². The van der Waals surface area contributed by atoms with E-state index in [1.807, 2.05) is 4.90 Å². The van der Waals surface area contributed by atoms with Crippen LogP contribution in [0.5, 0.6) is 0 Å². The Morgan fingerprint density at radius 1 is 1.06 bits per heavy atom. The summed E-state index contributed by atoms with van der Waals surface area (Å²) in [6.07, 6.45) is 6.21. The molecule has 2 aliphatic heterocycles. The molecule has 9 unspecified atom stereocenters. The number of fused-ring (bicyclic) bond motifs is 3. The fourth-order valence-corrected chi connectivity index (χ4v) is 8.75. The van der Waals surface area contributed by atoms with Crippen LogP contribution in [0.4, 0.5) is 0 Å². The molecule has 0 amide bonds. The Labute approximate surface area is 207 Å². The summed E-state index contributed by atoms with van der Waals surface area (Å²) in [5.41, 5.74) is -0.469. The van der Waals surface area contributed by atoms with Gasteiger partial charge in [0.15, 0.2) is 0 Å². The fourth-order valence-electron chi connectivity index (χ4n) is 8.75. The molecular formula is C27H39NO7. The van der Waals surface area contributed by atoms with Crippen molar-refractivity contribution in [1.82, 2.24) is 4.90 Å². The van der Waals surface area contributed by atoms with E-state index in [9.17, 15) is 14.4 Å². The van der Waals surface area contributed by atoms with Crippen molar-refractivity contribution in [2.24, 2.45) is 41.4 Å². The molecule has 6 aliphatic rings. The van der Waals surface area contributed by atoms with Gasteiger partial charge in [-0.25, -0.2) is 0 Å². The highest BCUT2D eigenvalue weighted by molar-refractivity contribution is 5.86. The maximum Gasteiger partial charge on any atom is 0.320 e. The highest BCUT2D eigenvalue weighted by Crippen LogP contribution is 2.60. The zero-order chi connectivity index (χ0) is 24.3. The average Bonchev–Trinajstić information content (AvgIpc) is 3.66. The lowest BCUT2D eigenvalue weighted by Gasteiger charge is -2.43. The van der Waals surface area contributed by atoms with Crippen LogP contribution in [-0.4, -0.2) is 73.5 Å². The minimum Gasteiger partial charge on any atom is -0.459 e. The van der Waals surface area contributed by atoms with Crippen LogP contribution in [0, 0.1) is 41.4 Å². The molecular weight excluding hydrogens is 450 g/mol. The summed E-state index contributed by atoms with van der Waals surface area (Å²) in [7, 11) is 0. The van der Waals surface area contributed by atoms with Crippen LogP contribution >= 0.6 is 0 Å². The first-order chi connectivity index (χ1) is 16.9. The lowest BCUT2D eigenvalue weighted by atomic mass is 9.72. The molecule has 0 spiro atoms. The van der Waals surface area contributed by atoms with Gasteiger partial charge in [0.05, 0.1) is 31.6 Å². The summed E-state index contributed by atoms with van der Waals surface area (Å²) < 4.78 is 23.4. The van der Waals surface area contributed by atoms with Crippen LogP contribution in [0.15, 0.2) is 0 Å². The van der Waals surface area contributed by atoms with Crippen molar-refractivity contribution in [2.75, 3.05) is 32.8 Å². The highest BCUT2D eigenvalue weighted by atomic mass is 16.6. The van der Waals surface area contributed by atoms with Crippen LogP contribution in [0.25, 0.3) is 0 Å². The molecule has 0 aromatic rings. The zero-order valence-corrected chi connectivity index (χ0v) is 21.0. The Kier molecular flexibility index (Phi) is 6.11. The monoisotopic (exact) mass is 489 g/mol. The Bertz CT molecular complexity index is 866. The van der Waals surface area contributed by atoms with E-state index >= 15 is 0 Å². The number of esters is 3. The van der Waals surface area contributed by atoms with E-state index in [1.165, 1.54) is 19.3 Å². The molecule has 0 radical (unpaired) electrons. The second-order valence-electron chi connectivity index (χ2n) is 11.8. The minimum absolute atomic E-state index is 0.0635. The van der Waals surface area contributed by atoms with Crippen LogP contribution in [0.1, 0.15) is 58.8 Å². The molecule has 0 N–H and O–H groups in total. The summed E-state index contributed by atoms with van der Waals surface area (Å²) in [6, 6.07) is 0. The molecule has 8 heteroatoms. The van der Waals surface area contributed by atoms with E-state index in [0.717, 1.165) is 25.2 Å². The summed E-state index contributed by atoms with van der Waals surface area (Å²) >= 11 is 0. The number of morpholine rings is 1. The molecule has 0 aromatic heterocycles. The van der Waals surface area contributed by atoms with Gasteiger partial charge in [-0.05, 0) is 50.4 Å². The predicted molar refractivity (Wildman–Crippen MR) is 124 cm³/mol. The van der Waals surface area contributed by atoms with Gasteiger partial charge in [0, 0.05) is 30.8 Å². The van der Waals surface area contributed by atoms with Crippen molar-refractivity contribution in [3.8, 4) is 0 Å². The number of nitrogens with zero attached hydrogens (tertiary/aromatic N) is 1. The second-order valence-corrected chi connectivity index (χ2v) is 11.8. The largest absolute Gasteiger partial charge is 0.459 e. The standard InChI is InChI=1S/C27H39NO7/c1-3-27(4-2,19-12-15-5-6-16(19)11-15)35-26(31)22-18-13-17-21(22)25(30)34-24(17)23(18)33-20(29)14-28-7-9-32-10-8-28/h15-19,21-24H,3-14H2,1-2H3. The number of ether oxygens (including phenoxy) is 4. The fraction of sp³-hybridized carbons (Fsp3) is 0.889. The number of hydrogen-bond donors (Lipinski definition) is 0. The molecule has 35 heavy (non-hydrogen) atoms. The van der Waals surface area contributed by atoms with E-state index in [4.69, 9.17) is 18.9 Å². The number of rotatable bonds is 8. The van der Waals surface area contributed by atoms with E-state index < -0.39 is 29.6 Å². The van der Waals surface area contributed by atoms with Crippen molar-refractivity contribution >= 4 is 17.9 Å². The first kappa shape index (κ1) is 23.7. The molecule has 9 atom stereocenters. The second kappa shape index (κ2) is 9.02. The molecule has 2 heterocycles. The predicted octanol–water partition coefficient (Wildman–Crippen LogP) is 2.58. The summed E-state index contributed by atoms with van der Waals surface area (Å²) in [5.74, 6) is -0.428. The zero-order valence-electron chi connectivity index (χ0n) is 21.0. The van der Waals surface area contributed by atoms with Gasteiger partial charge < -0.3 is 18.9 Å². The number of hydrogen-bond acceptors (Lipinski definition) is 8. The van der Waals surface area contributed by atoms with Gasteiger partial charge in [-0.1, -0.05) is 20.3 Å². The topological polar surface area (TPSA) is 91.4 Å². The summed E-state index contributed by atoms with van der Waals surface area (Å²) in [4.78, 5) is 41.4. The summed E-state index contributed by atoms with van der Waals surface area (Å²) in [5, 5.41) is 0. The van der Waals surface area contributed by atoms with E-state index in [-0.39, 0.29) is 36.3 Å². The van der Waals surface area contributed by atoms with Crippen LogP contribution in [0.3, 0.4) is 0 Å². The Morgan fingerprint density at radius 3 is 2.49 bits per heavy atom. The maximum atomic E-state index is 13.8. The SMILES string of the molecule is CCC(CC)(OC(=O)C1C2CC3C(OC(=O)C31)C2OC(=O)CN1CCOCC1)C1CC2CCC1C2. The number of carbonyl (C=O) groups is 3. The normalized spacial score (nSPS) is 41.9. The van der Waals surface area contributed by atoms with Crippen LogP contribution < -0.4 is 0 Å². The maximum absolute atomic E-state index is 13.8. The van der Waals surface area contributed by atoms with Gasteiger partial charge in [0.25, 0.3) is 0 Å². The van der Waals surface area contributed by atoms with Gasteiger partial charge in [-0.3, -0.25) is 19.3 Å². The number of carbonyl (C=O) groups excluding carboxylic acids is 3. The van der Waals surface area contributed by atoms with Gasteiger partial charge in [-0.15, -0.1) is 0 Å². The first-order valence-electron chi connectivity index (χ1n) is 13.9. The molecule has 4 aliphatic carbocycles.